The molecule has 0 aliphatic rings. The number of methoxy groups -OCH3 is 1. The summed E-state index contributed by atoms with van der Waals surface area (Å²) in [5.74, 6) is 0.817. The minimum absolute atomic E-state index is 0.0154. The molecule has 0 aliphatic carbocycles. The Morgan fingerprint density at radius 3 is 2.27 bits per heavy atom. The highest BCUT2D eigenvalue weighted by atomic mass is 16.5. The van der Waals surface area contributed by atoms with Crippen LogP contribution in [0.4, 0.5) is 5.69 Å². The first kappa shape index (κ1) is 16.1. The first-order valence-corrected chi connectivity index (χ1v) is 7.51. The second kappa shape index (κ2) is 7.12. The first-order chi connectivity index (χ1) is 10.5. The average molecular weight is 297 g/mol. The van der Waals surface area contributed by atoms with Gasteiger partial charge in [-0.15, -0.1) is 0 Å². The molecule has 0 saturated heterocycles. The Hall–Kier alpha value is -2.29. The largest absolute Gasteiger partial charge is 0.497 e. The van der Waals surface area contributed by atoms with E-state index in [0.29, 0.717) is 6.42 Å². The number of benzene rings is 2. The Labute approximate surface area is 132 Å². The number of hydrogen-bond acceptors (Lipinski definition) is 2. The molecule has 22 heavy (non-hydrogen) atoms. The van der Waals surface area contributed by atoms with Crippen LogP contribution in [0.5, 0.6) is 5.75 Å². The molecule has 0 aromatic heterocycles. The van der Waals surface area contributed by atoms with Crippen molar-refractivity contribution in [3.63, 3.8) is 0 Å². The predicted molar refractivity (Wildman–Crippen MR) is 90.3 cm³/mol. The molecule has 2 aromatic carbocycles. The van der Waals surface area contributed by atoms with Crippen LogP contribution < -0.4 is 10.1 Å². The number of carbonyl (C=O) groups is 1. The van der Waals surface area contributed by atoms with Gasteiger partial charge in [0.2, 0.25) is 5.91 Å². The highest BCUT2D eigenvalue weighted by molar-refractivity contribution is 5.90. The van der Waals surface area contributed by atoms with Crippen LogP contribution in [0.1, 0.15) is 32.3 Å². The number of nitrogens with one attached hydrogen (secondary N) is 1. The fourth-order valence-electron chi connectivity index (χ4n) is 2.36. The summed E-state index contributed by atoms with van der Waals surface area (Å²) in [5.41, 5.74) is 2.04. The van der Waals surface area contributed by atoms with Gasteiger partial charge in [-0.25, -0.2) is 0 Å². The Bertz CT molecular complexity index is 603. The maximum absolute atomic E-state index is 12.1. The van der Waals surface area contributed by atoms with Crippen molar-refractivity contribution < 1.29 is 9.53 Å². The van der Waals surface area contributed by atoms with E-state index < -0.39 is 0 Å². The molecule has 3 nitrogen and oxygen atoms in total. The van der Waals surface area contributed by atoms with Gasteiger partial charge in [0.1, 0.15) is 5.75 Å². The van der Waals surface area contributed by atoms with Gasteiger partial charge in [0, 0.05) is 12.1 Å². The summed E-state index contributed by atoms with van der Waals surface area (Å²) < 4.78 is 5.10. The third kappa shape index (κ3) is 4.35. The van der Waals surface area contributed by atoms with E-state index in [9.17, 15) is 4.79 Å². The van der Waals surface area contributed by atoms with Crippen LogP contribution in [0.15, 0.2) is 54.6 Å². The molecule has 0 heterocycles. The molecule has 0 radical (unpaired) electrons. The van der Waals surface area contributed by atoms with E-state index in [1.807, 2.05) is 42.5 Å². The zero-order valence-corrected chi connectivity index (χ0v) is 13.4. The monoisotopic (exact) mass is 297 g/mol. The maximum Gasteiger partial charge on any atom is 0.224 e. The van der Waals surface area contributed by atoms with Gasteiger partial charge in [0.05, 0.1) is 7.11 Å². The SMILES string of the molecule is COc1ccc(NC(=O)CCC(C)(C)c2ccccc2)cc1. The van der Waals surface area contributed by atoms with Gasteiger partial charge < -0.3 is 10.1 Å². The summed E-state index contributed by atoms with van der Waals surface area (Å²) in [5, 5.41) is 2.92. The third-order valence-electron chi connectivity index (χ3n) is 3.91. The number of anilines is 1. The minimum atomic E-state index is -0.0154. The van der Waals surface area contributed by atoms with Crippen molar-refractivity contribution in [1.82, 2.24) is 0 Å². The summed E-state index contributed by atoms with van der Waals surface area (Å²) in [6.45, 7) is 4.34. The number of amides is 1. The summed E-state index contributed by atoms with van der Waals surface area (Å²) in [6, 6.07) is 17.7. The molecule has 0 aliphatic heterocycles. The summed E-state index contributed by atoms with van der Waals surface area (Å²) >= 11 is 0. The average Bonchev–Trinajstić information content (AvgIpc) is 2.55. The fraction of sp³-hybridized carbons (Fsp3) is 0.316. The van der Waals surface area contributed by atoms with Crippen molar-refractivity contribution in [2.45, 2.75) is 32.1 Å². The molecule has 1 amide bonds. The van der Waals surface area contributed by atoms with Crippen molar-refractivity contribution >= 4 is 11.6 Å². The summed E-state index contributed by atoms with van der Waals surface area (Å²) in [4.78, 5) is 12.1. The van der Waals surface area contributed by atoms with Crippen LogP contribution in [0.3, 0.4) is 0 Å². The number of rotatable bonds is 6. The molecule has 3 heteroatoms. The molecule has 116 valence electrons. The topological polar surface area (TPSA) is 38.3 Å². The zero-order chi connectivity index (χ0) is 16.0. The molecule has 0 spiro atoms. The smallest absolute Gasteiger partial charge is 0.224 e. The van der Waals surface area contributed by atoms with E-state index >= 15 is 0 Å². The lowest BCUT2D eigenvalue weighted by Gasteiger charge is -2.25. The first-order valence-electron chi connectivity index (χ1n) is 7.51. The molecule has 1 N–H and O–H groups in total. The highest BCUT2D eigenvalue weighted by Gasteiger charge is 2.21. The van der Waals surface area contributed by atoms with Crippen LogP contribution in [0, 0.1) is 0 Å². The molecule has 0 fully saturated rings. The molecule has 0 unspecified atom stereocenters. The Kier molecular flexibility index (Phi) is 5.21. The highest BCUT2D eigenvalue weighted by Crippen LogP contribution is 2.28. The zero-order valence-electron chi connectivity index (χ0n) is 13.4. The number of carbonyl (C=O) groups excluding carboxylic acids is 1. The lowest BCUT2D eigenvalue weighted by Crippen LogP contribution is -2.21. The molecular weight excluding hydrogens is 274 g/mol. The molecule has 0 bridgehead atoms. The molecule has 0 atom stereocenters. The lowest BCUT2D eigenvalue weighted by atomic mass is 9.80. The molecule has 2 aromatic rings. The Morgan fingerprint density at radius 1 is 1.05 bits per heavy atom. The fourth-order valence-corrected chi connectivity index (χ4v) is 2.36. The van der Waals surface area contributed by atoms with Crippen LogP contribution in [0.2, 0.25) is 0 Å². The van der Waals surface area contributed by atoms with E-state index in [1.54, 1.807) is 7.11 Å². The normalized spacial score (nSPS) is 11.0. The number of hydrogen-bond donors (Lipinski definition) is 1. The predicted octanol–water partition coefficient (Wildman–Crippen LogP) is 4.39. The molecule has 0 saturated carbocycles. The van der Waals surface area contributed by atoms with Crippen molar-refractivity contribution in [2.24, 2.45) is 0 Å². The summed E-state index contributed by atoms with van der Waals surface area (Å²) in [7, 11) is 1.62. The van der Waals surface area contributed by atoms with E-state index in [-0.39, 0.29) is 11.3 Å². The lowest BCUT2D eigenvalue weighted by molar-refractivity contribution is -0.116. The van der Waals surface area contributed by atoms with Crippen molar-refractivity contribution in [2.75, 3.05) is 12.4 Å². The van der Waals surface area contributed by atoms with Gasteiger partial charge in [0.15, 0.2) is 0 Å². The molecular formula is C19H23NO2. The second-order valence-corrected chi connectivity index (χ2v) is 6.03. The molecule has 2 rings (SSSR count). The van der Waals surface area contributed by atoms with Crippen LogP contribution in [0.25, 0.3) is 0 Å². The van der Waals surface area contributed by atoms with Gasteiger partial charge in [-0.3, -0.25) is 4.79 Å². The van der Waals surface area contributed by atoms with Gasteiger partial charge in [0.25, 0.3) is 0 Å². The van der Waals surface area contributed by atoms with Crippen LogP contribution >= 0.6 is 0 Å². The Morgan fingerprint density at radius 2 is 1.68 bits per heavy atom. The van der Waals surface area contributed by atoms with Gasteiger partial charge in [-0.2, -0.15) is 0 Å². The standard InChI is InChI=1S/C19H23NO2/c1-19(2,15-7-5-4-6-8-15)14-13-18(21)20-16-9-11-17(22-3)12-10-16/h4-12H,13-14H2,1-3H3,(H,20,21). The van der Waals surface area contributed by atoms with Gasteiger partial charge in [-0.1, -0.05) is 44.2 Å². The van der Waals surface area contributed by atoms with Crippen molar-refractivity contribution in [3.05, 3.63) is 60.2 Å². The van der Waals surface area contributed by atoms with E-state index in [4.69, 9.17) is 4.74 Å². The van der Waals surface area contributed by atoms with E-state index in [0.717, 1.165) is 17.9 Å². The number of ether oxygens (including phenoxy) is 1. The third-order valence-corrected chi connectivity index (χ3v) is 3.91. The van der Waals surface area contributed by atoms with Crippen LogP contribution in [-0.4, -0.2) is 13.0 Å². The van der Waals surface area contributed by atoms with Crippen molar-refractivity contribution in [3.8, 4) is 5.75 Å². The quantitative estimate of drug-likeness (QED) is 0.858. The second-order valence-electron chi connectivity index (χ2n) is 6.03. The minimum Gasteiger partial charge on any atom is -0.497 e. The maximum atomic E-state index is 12.1. The van der Waals surface area contributed by atoms with Crippen molar-refractivity contribution in [1.29, 1.82) is 0 Å². The van der Waals surface area contributed by atoms with Gasteiger partial charge >= 0.3 is 0 Å². The summed E-state index contributed by atoms with van der Waals surface area (Å²) in [6.07, 6.45) is 1.30. The van der Waals surface area contributed by atoms with E-state index in [2.05, 4.69) is 31.3 Å². The van der Waals surface area contributed by atoms with E-state index in [1.165, 1.54) is 5.56 Å². The van der Waals surface area contributed by atoms with Gasteiger partial charge in [-0.05, 0) is 41.7 Å². The Balaban J connectivity index is 1.89. The van der Waals surface area contributed by atoms with Crippen LogP contribution in [-0.2, 0) is 10.2 Å².